The Morgan fingerprint density at radius 2 is 2.00 bits per heavy atom. The van der Waals surface area contributed by atoms with Crippen LogP contribution in [0.1, 0.15) is 5.56 Å². The Labute approximate surface area is 71.4 Å². The van der Waals surface area contributed by atoms with Crippen molar-refractivity contribution in [2.75, 3.05) is 0 Å². The predicted molar refractivity (Wildman–Crippen MR) is 46.6 cm³/mol. The highest BCUT2D eigenvalue weighted by Crippen LogP contribution is 2.11. The first-order valence-corrected chi connectivity index (χ1v) is 3.58. The molecule has 0 aliphatic heterocycles. The molecule has 1 aromatic carbocycles. The highest BCUT2D eigenvalue weighted by Gasteiger charge is 1.95. The molecule has 1 rings (SSSR count). The second-order valence-electron chi connectivity index (χ2n) is 2.56. The zero-order chi connectivity index (χ0) is 8.97. The molecule has 60 valence electrons. The Balaban J connectivity index is 2.73. The molecule has 2 heteroatoms. The van der Waals surface area contributed by atoms with Gasteiger partial charge in [0, 0.05) is 12.0 Å². The molecule has 0 heterocycles. The van der Waals surface area contributed by atoms with Crippen molar-refractivity contribution < 1.29 is 5.11 Å². The van der Waals surface area contributed by atoms with Gasteiger partial charge in [-0.15, -0.1) is 0 Å². The van der Waals surface area contributed by atoms with E-state index in [4.69, 9.17) is 10.4 Å². The number of nitrogens with zero attached hydrogens (tertiary/aromatic N) is 1. The van der Waals surface area contributed by atoms with E-state index in [2.05, 4.69) is 6.58 Å². The first kappa shape index (κ1) is 8.35. The van der Waals surface area contributed by atoms with E-state index in [1.54, 1.807) is 24.3 Å². The van der Waals surface area contributed by atoms with Gasteiger partial charge < -0.3 is 5.11 Å². The van der Waals surface area contributed by atoms with Crippen molar-refractivity contribution >= 4 is 0 Å². The van der Waals surface area contributed by atoms with Crippen LogP contribution in [0.15, 0.2) is 36.4 Å². The van der Waals surface area contributed by atoms with Gasteiger partial charge in [0.2, 0.25) is 0 Å². The van der Waals surface area contributed by atoms with E-state index in [9.17, 15) is 0 Å². The molecular weight excluding hydrogens is 150 g/mol. The maximum atomic E-state index is 8.96. The number of phenols is 1. The minimum absolute atomic E-state index is 0.237. The summed E-state index contributed by atoms with van der Waals surface area (Å²) in [6.07, 6.45) is 0.552. The summed E-state index contributed by atoms with van der Waals surface area (Å²) >= 11 is 0. The molecule has 12 heavy (non-hydrogen) atoms. The monoisotopic (exact) mass is 159 g/mol. The SMILES string of the molecule is C=C(C#N)Cc1ccc(O)cc1. The predicted octanol–water partition coefficient (Wildman–Crippen LogP) is 2.01. The zero-order valence-corrected chi connectivity index (χ0v) is 6.62. The highest BCUT2D eigenvalue weighted by atomic mass is 16.3. The third-order valence-corrected chi connectivity index (χ3v) is 1.51. The standard InChI is InChI=1S/C10H9NO/c1-8(7-11)6-9-2-4-10(12)5-3-9/h2-5,12H,1,6H2. The van der Waals surface area contributed by atoms with Crippen LogP contribution in [-0.4, -0.2) is 5.11 Å². The fourth-order valence-electron chi connectivity index (χ4n) is 0.900. The van der Waals surface area contributed by atoms with E-state index in [-0.39, 0.29) is 5.75 Å². The fraction of sp³-hybridized carbons (Fsp3) is 0.100. The Kier molecular flexibility index (Phi) is 2.49. The molecule has 0 spiro atoms. The lowest BCUT2D eigenvalue weighted by Crippen LogP contribution is -1.85. The number of allylic oxidation sites excluding steroid dienone is 1. The first-order valence-electron chi connectivity index (χ1n) is 3.58. The molecule has 0 aliphatic carbocycles. The summed E-state index contributed by atoms with van der Waals surface area (Å²) in [6.45, 7) is 3.57. The summed E-state index contributed by atoms with van der Waals surface area (Å²) < 4.78 is 0. The van der Waals surface area contributed by atoms with Crippen LogP contribution in [0.3, 0.4) is 0 Å². The largest absolute Gasteiger partial charge is 0.508 e. The molecule has 0 saturated heterocycles. The smallest absolute Gasteiger partial charge is 0.115 e. The van der Waals surface area contributed by atoms with Gasteiger partial charge >= 0.3 is 0 Å². The van der Waals surface area contributed by atoms with Gasteiger partial charge in [-0.05, 0) is 17.7 Å². The number of hydrogen-bond donors (Lipinski definition) is 1. The average molecular weight is 159 g/mol. The molecule has 0 atom stereocenters. The maximum absolute atomic E-state index is 8.96. The molecule has 0 fully saturated rings. The topological polar surface area (TPSA) is 44.0 Å². The van der Waals surface area contributed by atoms with Gasteiger partial charge in [0.05, 0.1) is 6.07 Å². The summed E-state index contributed by atoms with van der Waals surface area (Å²) in [5.74, 6) is 0.237. The molecule has 1 aromatic rings. The second kappa shape index (κ2) is 3.59. The van der Waals surface area contributed by atoms with Crippen LogP contribution in [0.5, 0.6) is 5.75 Å². The van der Waals surface area contributed by atoms with Gasteiger partial charge in [-0.2, -0.15) is 5.26 Å². The van der Waals surface area contributed by atoms with E-state index in [0.717, 1.165) is 5.56 Å². The van der Waals surface area contributed by atoms with Crippen molar-refractivity contribution in [1.82, 2.24) is 0 Å². The molecule has 0 radical (unpaired) electrons. The Morgan fingerprint density at radius 1 is 1.42 bits per heavy atom. The summed E-state index contributed by atoms with van der Waals surface area (Å²) in [4.78, 5) is 0. The van der Waals surface area contributed by atoms with Gasteiger partial charge in [0.25, 0.3) is 0 Å². The molecule has 0 aliphatic rings. The van der Waals surface area contributed by atoms with Gasteiger partial charge in [-0.1, -0.05) is 18.7 Å². The molecular formula is C10H9NO. The number of benzene rings is 1. The van der Waals surface area contributed by atoms with Crippen molar-refractivity contribution in [2.24, 2.45) is 0 Å². The van der Waals surface area contributed by atoms with Crippen LogP contribution < -0.4 is 0 Å². The van der Waals surface area contributed by atoms with Crippen LogP contribution in [0.2, 0.25) is 0 Å². The summed E-state index contributed by atoms with van der Waals surface area (Å²) in [5.41, 5.74) is 1.51. The number of hydrogen-bond acceptors (Lipinski definition) is 2. The maximum Gasteiger partial charge on any atom is 0.115 e. The lowest BCUT2D eigenvalue weighted by molar-refractivity contribution is 0.475. The van der Waals surface area contributed by atoms with Crippen LogP contribution in [0, 0.1) is 11.3 Å². The Hall–Kier alpha value is -1.75. The summed E-state index contributed by atoms with van der Waals surface area (Å²) in [6, 6.07) is 8.72. The minimum atomic E-state index is 0.237. The quantitative estimate of drug-likeness (QED) is 0.671. The van der Waals surface area contributed by atoms with Crippen LogP contribution >= 0.6 is 0 Å². The van der Waals surface area contributed by atoms with E-state index < -0.39 is 0 Å². The number of nitriles is 1. The van der Waals surface area contributed by atoms with Gasteiger partial charge in [0.15, 0.2) is 0 Å². The molecule has 0 aromatic heterocycles. The molecule has 2 nitrogen and oxygen atoms in total. The lowest BCUT2D eigenvalue weighted by Gasteiger charge is -1.97. The number of aromatic hydroxyl groups is 1. The van der Waals surface area contributed by atoms with Gasteiger partial charge in [0.1, 0.15) is 5.75 Å². The number of phenolic OH excluding ortho intramolecular Hbond substituents is 1. The van der Waals surface area contributed by atoms with Crippen molar-refractivity contribution in [1.29, 1.82) is 5.26 Å². The van der Waals surface area contributed by atoms with Crippen LogP contribution in [-0.2, 0) is 6.42 Å². The summed E-state index contributed by atoms with van der Waals surface area (Å²) in [5, 5.41) is 17.4. The molecule has 0 bridgehead atoms. The molecule has 0 unspecified atom stereocenters. The molecule has 1 N–H and O–H groups in total. The zero-order valence-electron chi connectivity index (χ0n) is 6.62. The van der Waals surface area contributed by atoms with Crippen molar-refractivity contribution in [2.45, 2.75) is 6.42 Å². The van der Waals surface area contributed by atoms with E-state index in [1.165, 1.54) is 0 Å². The van der Waals surface area contributed by atoms with E-state index in [0.29, 0.717) is 12.0 Å². The van der Waals surface area contributed by atoms with E-state index >= 15 is 0 Å². The summed E-state index contributed by atoms with van der Waals surface area (Å²) in [7, 11) is 0. The van der Waals surface area contributed by atoms with Crippen LogP contribution in [0.25, 0.3) is 0 Å². The third-order valence-electron chi connectivity index (χ3n) is 1.51. The second-order valence-corrected chi connectivity index (χ2v) is 2.56. The van der Waals surface area contributed by atoms with Crippen LogP contribution in [0.4, 0.5) is 0 Å². The third kappa shape index (κ3) is 2.14. The van der Waals surface area contributed by atoms with Gasteiger partial charge in [-0.3, -0.25) is 0 Å². The Bertz CT molecular complexity index is 319. The normalized spacial score (nSPS) is 8.92. The highest BCUT2D eigenvalue weighted by molar-refractivity contribution is 5.31. The lowest BCUT2D eigenvalue weighted by atomic mass is 10.1. The average Bonchev–Trinajstić information content (AvgIpc) is 2.09. The van der Waals surface area contributed by atoms with Crippen molar-refractivity contribution in [3.05, 3.63) is 42.0 Å². The number of rotatable bonds is 2. The fourth-order valence-corrected chi connectivity index (χ4v) is 0.900. The van der Waals surface area contributed by atoms with Gasteiger partial charge in [-0.25, -0.2) is 0 Å². The Morgan fingerprint density at radius 3 is 2.50 bits per heavy atom. The molecule has 0 saturated carbocycles. The first-order chi connectivity index (χ1) is 5.72. The molecule has 0 amide bonds. The minimum Gasteiger partial charge on any atom is -0.508 e. The van der Waals surface area contributed by atoms with Crippen molar-refractivity contribution in [3.63, 3.8) is 0 Å². The van der Waals surface area contributed by atoms with Crippen molar-refractivity contribution in [3.8, 4) is 11.8 Å². The van der Waals surface area contributed by atoms with E-state index in [1.807, 2.05) is 6.07 Å².